The van der Waals surface area contributed by atoms with Crippen LogP contribution in [0.25, 0.3) is 11.1 Å². The Hall–Kier alpha value is -1.46. The summed E-state index contributed by atoms with van der Waals surface area (Å²) in [6, 6.07) is 8.16. The van der Waals surface area contributed by atoms with E-state index in [1.807, 2.05) is 24.5 Å². The Bertz CT molecular complexity index is 567. The predicted octanol–water partition coefficient (Wildman–Crippen LogP) is 2.69. The highest BCUT2D eigenvalue weighted by Crippen LogP contribution is 2.23. The van der Waals surface area contributed by atoms with Crippen molar-refractivity contribution in [1.29, 1.82) is 0 Å². The van der Waals surface area contributed by atoms with Crippen LogP contribution < -0.4 is 10.6 Å². The third kappa shape index (κ3) is 2.83. The SMILES string of the molecule is NCC1CCN(c2ncc(-c3ccc(Br)cc3)cn2)C1. The third-order valence-electron chi connectivity index (χ3n) is 3.72. The van der Waals surface area contributed by atoms with E-state index in [0.29, 0.717) is 5.92 Å². The molecule has 1 aromatic carbocycles. The van der Waals surface area contributed by atoms with Crippen LogP contribution in [-0.2, 0) is 0 Å². The minimum Gasteiger partial charge on any atom is -0.340 e. The molecule has 1 aromatic heterocycles. The van der Waals surface area contributed by atoms with Crippen molar-refractivity contribution in [3.63, 3.8) is 0 Å². The first-order chi connectivity index (χ1) is 9.76. The second-order valence-electron chi connectivity index (χ2n) is 5.12. The van der Waals surface area contributed by atoms with Gasteiger partial charge in [-0.15, -0.1) is 0 Å². The van der Waals surface area contributed by atoms with Crippen molar-refractivity contribution >= 4 is 21.9 Å². The third-order valence-corrected chi connectivity index (χ3v) is 4.25. The quantitative estimate of drug-likeness (QED) is 0.938. The molecule has 1 aliphatic heterocycles. The zero-order valence-electron chi connectivity index (χ0n) is 11.2. The molecule has 3 rings (SSSR count). The molecule has 20 heavy (non-hydrogen) atoms. The fourth-order valence-electron chi connectivity index (χ4n) is 2.48. The van der Waals surface area contributed by atoms with Crippen LogP contribution in [0.5, 0.6) is 0 Å². The van der Waals surface area contributed by atoms with Crippen molar-refractivity contribution < 1.29 is 0 Å². The number of aromatic nitrogens is 2. The highest BCUT2D eigenvalue weighted by atomic mass is 79.9. The molecular formula is C15H17BrN4. The summed E-state index contributed by atoms with van der Waals surface area (Å²) in [5.74, 6) is 1.38. The van der Waals surface area contributed by atoms with Crippen LogP contribution in [-0.4, -0.2) is 29.6 Å². The zero-order chi connectivity index (χ0) is 13.9. The number of hydrogen-bond donors (Lipinski definition) is 1. The van der Waals surface area contributed by atoms with Gasteiger partial charge >= 0.3 is 0 Å². The largest absolute Gasteiger partial charge is 0.340 e. The number of rotatable bonds is 3. The average molecular weight is 333 g/mol. The molecule has 0 radical (unpaired) electrons. The molecule has 0 saturated carbocycles. The molecule has 1 aliphatic rings. The van der Waals surface area contributed by atoms with E-state index < -0.39 is 0 Å². The van der Waals surface area contributed by atoms with Crippen LogP contribution in [0.3, 0.4) is 0 Å². The molecule has 1 unspecified atom stereocenters. The van der Waals surface area contributed by atoms with Gasteiger partial charge in [0.25, 0.3) is 0 Å². The van der Waals surface area contributed by atoms with Gasteiger partial charge in [-0.3, -0.25) is 0 Å². The van der Waals surface area contributed by atoms with Gasteiger partial charge in [0.15, 0.2) is 0 Å². The summed E-state index contributed by atoms with van der Waals surface area (Å²) in [6.07, 6.45) is 4.91. The molecular weight excluding hydrogens is 316 g/mol. The predicted molar refractivity (Wildman–Crippen MR) is 84.5 cm³/mol. The maximum Gasteiger partial charge on any atom is 0.225 e. The van der Waals surface area contributed by atoms with E-state index in [1.54, 1.807) is 0 Å². The smallest absolute Gasteiger partial charge is 0.225 e. The van der Waals surface area contributed by atoms with Crippen molar-refractivity contribution in [2.24, 2.45) is 11.7 Å². The molecule has 1 saturated heterocycles. The maximum atomic E-state index is 5.72. The minimum absolute atomic E-state index is 0.574. The van der Waals surface area contributed by atoms with E-state index >= 15 is 0 Å². The van der Waals surface area contributed by atoms with Gasteiger partial charge in [-0.05, 0) is 36.6 Å². The molecule has 0 aliphatic carbocycles. The summed E-state index contributed by atoms with van der Waals surface area (Å²) in [5, 5.41) is 0. The number of hydrogen-bond acceptors (Lipinski definition) is 4. The van der Waals surface area contributed by atoms with Gasteiger partial charge in [-0.2, -0.15) is 0 Å². The Morgan fingerprint density at radius 1 is 1.15 bits per heavy atom. The van der Waals surface area contributed by atoms with Crippen LogP contribution in [0.4, 0.5) is 5.95 Å². The number of nitrogens with zero attached hydrogens (tertiary/aromatic N) is 3. The lowest BCUT2D eigenvalue weighted by Gasteiger charge is -2.15. The van der Waals surface area contributed by atoms with Gasteiger partial charge in [0.1, 0.15) is 0 Å². The Morgan fingerprint density at radius 3 is 2.45 bits per heavy atom. The lowest BCUT2D eigenvalue weighted by Crippen LogP contribution is -2.24. The lowest BCUT2D eigenvalue weighted by atomic mass is 10.1. The Labute approximate surface area is 127 Å². The first-order valence-electron chi connectivity index (χ1n) is 6.79. The van der Waals surface area contributed by atoms with E-state index in [9.17, 15) is 0 Å². The summed E-state index contributed by atoms with van der Waals surface area (Å²) in [5.41, 5.74) is 7.88. The summed E-state index contributed by atoms with van der Waals surface area (Å²) in [6.45, 7) is 2.71. The second-order valence-corrected chi connectivity index (χ2v) is 6.03. The summed E-state index contributed by atoms with van der Waals surface area (Å²) >= 11 is 3.44. The van der Waals surface area contributed by atoms with Crippen molar-refractivity contribution in [3.05, 3.63) is 41.1 Å². The molecule has 4 nitrogen and oxygen atoms in total. The molecule has 0 bridgehead atoms. The molecule has 0 amide bonds. The fourth-order valence-corrected chi connectivity index (χ4v) is 2.75. The van der Waals surface area contributed by atoms with Gasteiger partial charge in [-0.25, -0.2) is 9.97 Å². The average Bonchev–Trinajstić information content (AvgIpc) is 2.97. The first kappa shape index (κ1) is 13.5. The maximum absolute atomic E-state index is 5.72. The van der Waals surface area contributed by atoms with Crippen molar-refractivity contribution in [1.82, 2.24) is 9.97 Å². The van der Waals surface area contributed by atoms with Crippen LogP contribution in [0, 0.1) is 5.92 Å². The Balaban J connectivity index is 1.76. The van der Waals surface area contributed by atoms with E-state index in [4.69, 9.17) is 5.73 Å². The van der Waals surface area contributed by atoms with Gasteiger partial charge < -0.3 is 10.6 Å². The molecule has 2 N–H and O–H groups in total. The summed E-state index contributed by atoms with van der Waals surface area (Å²) < 4.78 is 1.07. The van der Waals surface area contributed by atoms with Crippen molar-refractivity contribution in [3.8, 4) is 11.1 Å². The fraction of sp³-hybridized carbons (Fsp3) is 0.333. The number of nitrogens with two attached hydrogens (primary N) is 1. The number of anilines is 1. The normalized spacial score (nSPS) is 18.5. The minimum atomic E-state index is 0.574. The standard InChI is InChI=1S/C15H17BrN4/c16-14-3-1-12(2-4-14)13-8-18-15(19-9-13)20-6-5-11(7-17)10-20/h1-4,8-9,11H,5-7,10,17H2. The molecule has 5 heteroatoms. The molecule has 0 spiro atoms. The van der Waals surface area contributed by atoms with E-state index in [-0.39, 0.29) is 0 Å². The molecule has 2 aromatic rings. The lowest BCUT2D eigenvalue weighted by molar-refractivity contribution is 0.602. The van der Waals surface area contributed by atoms with E-state index in [2.05, 4.69) is 42.9 Å². The Morgan fingerprint density at radius 2 is 1.85 bits per heavy atom. The molecule has 2 heterocycles. The number of halogens is 1. The van der Waals surface area contributed by atoms with Gasteiger partial charge in [0.05, 0.1) is 0 Å². The van der Waals surface area contributed by atoms with Crippen LogP contribution in [0.1, 0.15) is 6.42 Å². The van der Waals surface area contributed by atoms with Gasteiger partial charge in [0.2, 0.25) is 5.95 Å². The summed E-state index contributed by atoms with van der Waals surface area (Å²) in [7, 11) is 0. The first-order valence-corrected chi connectivity index (χ1v) is 7.58. The highest BCUT2D eigenvalue weighted by Gasteiger charge is 2.22. The topological polar surface area (TPSA) is 55.0 Å². The van der Waals surface area contributed by atoms with Crippen LogP contribution >= 0.6 is 15.9 Å². The molecule has 1 fully saturated rings. The van der Waals surface area contributed by atoms with E-state index in [0.717, 1.165) is 47.6 Å². The molecule has 1 atom stereocenters. The monoisotopic (exact) mass is 332 g/mol. The highest BCUT2D eigenvalue weighted by molar-refractivity contribution is 9.10. The second kappa shape index (κ2) is 5.89. The van der Waals surface area contributed by atoms with Crippen LogP contribution in [0.2, 0.25) is 0 Å². The Kier molecular flexibility index (Phi) is 3.98. The van der Waals surface area contributed by atoms with Crippen molar-refractivity contribution in [2.75, 3.05) is 24.5 Å². The zero-order valence-corrected chi connectivity index (χ0v) is 12.8. The van der Waals surface area contributed by atoms with Gasteiger partial charge in [-0.1, -0.05) is 28.1 Å². The van der Waals surface area contributed by atoms with Crippen molar-refractivity contribution in [2.45, 2.75) is 6.42 Å². The number of benzene rings is 1. The van der Waals surface area contributed by atoms with E-state index in [1.165, 1.54) is 0 Å². The van der Waals surface area contributed by atoms with Gasteiger partial charge in [0, 0.05) is 35.5 Å². The van der Waals surface area contributed by atoms with Crippen LogP contribution in [0.15, 0.2) is 41.1 Å². The molecule has 104 valence electrons. The summed E-state index contributed by atoms with van der Waals surface area (Å²) in [4.78, 5) is 11.2.